The van der Waals surface area contributed by atoms with E-state index in [9.17, 15) is 44.3 Å². The maximum Gasteiger partial charge on any atom is 0.400 e. The van der Waals surface area contributed by atoms with Gasteiger partial charge in [-0.3, -0.25) is 4.79 Å². The van der Waals surface area contributed by atoms with E-state index in [1.54, 1.807) is 0 Å². The third-order valence-corrected chi connectivity index (χ3v) is 6.43. The molecule has 180 valence electrons. The Morgan fingerprint density at radius 2 is 1.09 bits per heavy atom. The Balaban J connectivity index is 1.64. The van der Waals surface area contributed by atoms with Crippen LogP contribution in [0.1, 0.15) is 51.4 Å². The molecular formula is C21H21F9O2. The minimum Gasteiger partial charge on any atom is -0.432 e. The van der Waals surface area contributed by atoms with Crippen molar-refractivity contribution >= 4 is 5.78 Å². The first kappa shape index (κ1) is 24.7. The lowest BCUT2D eigenvalue weighted by molar-refractivity contribution is -0.275. The standard InChI is InChI=1S/C21H21F9O2/c22-16-9-15(10-17(23)18(16)24)32-21(29,30)13-3-1-11(2-4-13)19(25,26)20(27,28)12-5-7-14(31)8-6-12/h9-13H,1-8H2/t11-,13-. The lowest BCUT2D eigenvalue weighted by atomic mass is 9.73. The second-order valence-electron chi connectivity index (χ2n) is 8.47. The fourth-order valence-electron chi connectivity index (χ4n) is 4.47. The monoisotopic (exact) mass is 476 g/mol. The van der Waals surface area contributed by atoms with Gasteiger partial charge in [-0.1, -0.05) is 0 Å². The zero-order valence-electron chi connectivity index (χ0n) is 16.8. The highest BCUT2D eigenvalue weighted by Gasteiger charge is 2.64. The van der Waals surface area contributed by atoms with Crippen LogP contribution in [-0.2, 0) is 4.79 Å². The van der Waals surface area contributed by atoms with Crippen LogP contribution in [0.5, 0.6) is 5.75 Å². The molecule has 0 bridgehead atoms. The van der Waals surface area contributed by atoms with E-state index >= 15 is 0 Å². The van der Waals surface area contributed by atoms with Crippen molar-refractivity contribution in [2.24, 2.45) is 17.8 Å². The van der Waals surface area contributed by atoms with Gasteiger partial charge in [0.2, 0.25) is 0 Å². The van der Waals surface area contributed by atoms with E-state index in [4.69, 9.17) is 0 Å². The number of hydrogen-bond acceptors (Lipinski definition) is 2. The average molecular weight is 476 g/mol. The quantitative estimate of drug-likeness (QED) is 0.329. The summed E-state index contributed by atoms with van der Waals surface area (Å²) in [5.74, 6) is -20.6. The molecule has 0 amide bonds. The summed E-state index contributed by atoms with van der Waals surface area (Å²) < 4.78 is 131. The second kappa shape index (κ2) is 8.78. The van der Waals surface area contributed by atoms with Crippen LogP contribution in [0.3, 0.4) is 0 Å². The van der Waals surface area contributed by atoms with Crippen LogP contribution < -0.4 is 4.74 Å². The van der Waals surface area contributed by atoms with Crippen molar-refractivity contribution in [2.75, 3.05) is 0 Å². The molecule has 2 nitrogen and oxygen atoms in total. The van der Waals surface area contributed by atoms with Gasteiger partial charge in [0.05, 0.1) is 5.92 Å². The van der Waals surface area contributed by atoms with Crippen LogP contribution in [0.25, 0.3) is 0 Å². The molecule has 0 saturated heterocycles. The molecule has 2 fully saturated rings. The molecule has 0 radical (unpaired) electrons. The van der Waals surface area contributed by atoms with E-state index in [2.05, 4.69) is 4.74 Å². The van der Waals surface area contributed by atoms with Gasteiger partial charge in [-0.05, 0) is 38.5 Å². The predicted octanol–water partition coefficient (Wildman–Crippen LogP) is 6.91. The molecule has 0 heterocycles. The molecule has 1 aromatic carbocycles. The molecule has 0 spiro atoms. The van der Waals surface area contributed by atoms with Crippen molar-refractivity contribution in [3.05, 3.63) is 29.6 Å². The Labute approximate surface area is 178 Å². The molecule has 32 heavy (non-hydrogen) atoms. The number of hydrogen-bond donors (Lipinski definition) is 0. The van der Waals surface area contributed by atoms with E-state index in [-0.39, 0.29) is 43.6 Å². The molecule has 2 aliphatic rings. The van der Waals surface area contributed by atoms with Gasteiger partial charge in [0.25, 0.3) is 0 Å². The van der Waals surface area contributed by atoms with Gasteiger partial charge in [0.1, 0.15) is 11.5 Å². The molecule has 0 aromatic heterocycles. The number of carbonyl (C=O) groups is 1. The van der Waals surface area contributed by atoms with E-state index in [0.717, 1.165) is 0 Å². The van der Waals surface area contributed by atoms with Gasteiger partial charge in [0.15, 0.2) is 17.5 Å². The SMILES string of the molecule is O=C1CCC(C(F)(F)C(F)(F)[C@H]2CC[C@H](C(F)(F)Oc3cc(F)c(F)c(F)c3)CC2)CC1. The molecule has 3 rings (SSSR count). The topological polar surface area (TPSA) is 26.3 Å². The number of benzene rings is 1. The number of Topliss-reactive ketones (excluding diaryl/α,β-unsaturated/α-hetero) is 1. The highest BCUT2D eigenvalue weighted by atomic mass is 19.3. The number of halogens is 9. The van der Waals surface area contributed by atoms with Crippen molar-refractivity contribution < 1.29 is 49.0 Å². The van der Waals surface area contributed by atoms with E-state index in [0.29, 0.717) is 0 Å². The number of alkyl halides is 6. The van der Waals surface area contributed by atoms with Crippen LogP contribution in [0.2, 0.25) is 0 Å². The Morgan fingerprint density at radius 3 is 1.56 bits per heavy atom. The Bertz CT molecular complexity index is 815. The first-order valence-corrected chi connectivity index (χ1v) is 10.2. The highest BCUT2D eigenvalue weighted by molar-refractivity contribution is 5.79. The van der Waals surface area contributed by atoms with Crippen LogP contribution in [-0.4, -0.2) is 23.7 Å². The summed E-state index contributed by atoms with van der Waals surface area (Å²) in [6.45, 7) is 0. The van der Waals surface area contributed by atoms with Gasteiger partial charge in [-0.15, -0.1) is 0 Å². The lowest BCUT2D eigenvalue weighted by Gasteiger charge is -2.42. The van der Waals surface area contributed by atoms with Gasteiger partial charge in [-0.2, -0.15) is 26.3 Å². The normalized spacial score (nSPS) is 24.0. The first-order valence-electron chi connectivity index (χ1n) is 10.2. The van der Waals surface area contributed by atoms with Gasteiger partial charge >= 0.3 is 18.0 Å². The summed E-state index contributed by atoms with van der Waals surface area (Å²) in [5, 5.41) is 0. The summed E-state index contributed by atoms with van der Waals surface area (Å²) >= 11 is 0. The van der Waals surface area contributed by atoms with Crippen LogP contribution in [0, 0.1) is 35.2 Å². The summed E-state index contributed by atoms with van der Waals surface area (Å²) in [4.78, 5) is 11.2. The van der Waals surface area contributed by atoms with Crippen LogP contribution >= 0.6 is 0 Å². The molecular weight excluding hydrogens is 455 g/mol. The molecule has 0 aliphatic heterocycles. The van der Waals surface area contributed by atoms with Gasteiger partial charge in [-0.25, -0.2) is 13.2 Å². The second-order valence-corrected chi connectivity index (χ2v) is 8.47. The molecule has 0 atom stereocenters. The largest absolute Gasteiger partial charge is 0.432 e. The first-order chi connectivity index (χ1) is 14.8. The maximum absolute atomic E-state index is 14.7. The molecule has 0 unspecified atom stereocenters. The minimum absolute atomic E-state index is 0.197. The zero-order chi connectivity index (χ0) is 23.9. The molecule has 11 heteroatoms. The fourth-order valence-corrected chi connectivity index (χ4v) is 4.47. The Morgan fingerprint density at radius 1 is 0.688 bits per heavy atom. The third-order valence-electron chi connectivity index (χ3n) is 6.43. The van der Waals surface area contributed by atoms with Crippen molar-refractivity contribution in [1.82, 2.24) is 0 Å². The minimum atomic E-state index is -4.44. The van der Waals surface area contributed by atoms with Crippen molar-refractivity contribution in [2.45, 2.75) is 69.3 Å². The van der Waals surface area contributed by atoms with Gasteiger partial charge in [0, 0.05) is 36.8 Å². The summed E-state index contributed by atoms with van der Waals surface area (Å²) in [6.07, 6.45) is -7.58. The van der Waals surface area contributed by atoms with E-state index in [1.165, 1.54) is 0 Å². The Hall–Kier alpha value is -1.94. The lowest BCUT2D eigenvalue weighted by Crippen LogP contribution is -2.53. The number of ether oxygens (including phenoxy) is 1. The van der Waals surface area contributed by atoms with Crippen molar-refractivity contribution in [3.8, 4) is 5.75 Å². The smallest absolute Gasteiger partial charge is 0.400 e. The molecule has 2 saturated carbocycles. The van der Waals surface area contributed by atoms with E-state index in [1.807, 2.05) is 0 Å². The maximum atomic E-state index is 14.7. The van der Waals surface area contributed by atoms with Crippen molar-refractivity contribution in [3.63, 3.8) is 0 Å². The molecule has 1 aromatic rings. The van der Waals surface area contributed by atoms with Crippen LogP contribution in [0.4, 0.5) is 39.5 Å². The van der Waals surface area contributed by atoms with Crippen molar-refractivity contribution in [1.29, 1.82) is 0 Å². The molecule has 2 aliphatic carbocycles. The predicted molar refractivity (Wildman–Crippen MR) is 94.2 cm³/mol. The third kappa shape index (κ3) is 4.71. The number of ketones is 1. The fraction of sp³-hybridized carbons (Fsp3) is 0.667. The van der Waals surface area contributed by atoms with Crippen LogP contribution in [0.15, 0.2) is 12.1 Å². The number of carbonyl (C=O) groups excluding carboxylic acids is 1. The van der Waals surface area contributed by atoms with Gasteiger partial charge < -0.3 is 4.74 Å². The van der Waals surface area contributed by atoms with E-state index < -0.39 is 84.6 Å². The highest BCUT2D eigenvalue weighted by Crippen LogP contribution is 2.53. The number of rotatable bonds is 6. The summed E-state index contributed by atoms with van der Waals surface area (Å²) in [6, 6.07) is 0.448. The molecule has 0 N–H and O–H groups in total. The summed E-state index contributed by atoms with van der Waals surface area (Å²) in [7, 11) is 0. The Kier molecular flexibility index (Phi) is 6.77. The zero-order valence-corrected chi connectivity index (χ0v) is 16.8. The summed E-state index contributed by atoms with van der Waals surface area (Å²) in [5.41, 5.74) is 0. The average Bonchev–Trinajstić information content (AvgIpc) is 2.72.